The van der Waals surface area contributed by atoms with E-state index >= 15 is 0 Å². The van der Waals surface area contributed by atoms with E-state index in [-0.39, 0.29) is 11.5 Å². The maximum Gasteiger partial charge on any atom is 0.157 e. The molecule has 0 unspecified atom stereocenters. The molecule has 0 radical (unpaired) electrons. The standard InChI is InChI=1S/C15H16ClNO4/c1-20-14-7-15(21-2)11(6-10(14)16)17-8-9-3-4-12(18)13(19)5-9/h3-7,17-19H,8H2,1-2H3. The van der Waals surface area contributed by atoms with Crippen LogP contribution in [0.25, 0.3) is 0 Å². The van der Waals surface area contributed by atoms with Gasteiger partial charge in [0.15, 0.2) is 11.5 Å². The Morgan fingerprint density at radius 3 is 2.33 bits per heavy atom. The van der Waals surface area contributed by atoms with Gasteiger partial charge in [0, 0.05) is 12.6 Å². The van der Waals surface area contributed by atoms with Crippen LogP contribution in [-0.2, 0) is 6.54 Å². The zero-order valence-corrected chi connectivity index (χ0v) is 12.4. The van der Waals surface area contributed by atoms with Crippen LogP contribution >= 0.6 is 11.6 Å². The minimum absolute atomic E-state index is 0.149. The smallest absolute Gasteiger partial charge is 0.157 e. The van der Waals surface area contributed by atoms with Crippen LogP contribution in [0, 0.1) is 0 Å². The van der Waals surface area contributed by atoms with Gasteiger partial charge in [0.05, 0.1) is 24.9 Å². The lowest BCUT2D eigenvalue weighted by molar-refractivity contribution is 0.395. The molecule has 2 rings (SSSR count). The first kappa shape index (κ1) is 15.1. The second-order valence-electron chi connectivity index (χ2n) is 4.36. The summed E-state index contributed by atoms with van der Waals surface area (Å²) >= 11 is 6.09. The van der Waals surface area contributed by atoms with Crippen LogP contribution in [0.15, 0.2) is 30.3 Å². The van der Waals surface area contributed by atoms with Gasteiger partial charge in [-0.05, 0) is 23.8 Å². The molecule has 0 aliphatic rings. The normalized spacial score (nSPS) is 10.2. The molecule has 0 heterocycles. The number of methoxy groups -OCH3 is 2. The van der Waals surface area contributed by atoms with Gasteiger partial charge in [-0.25, -0.2) is 0 Å². The summed E-state index contributed by atoms with van der Waals surface area (Å²) in [6.45, 7) is 0.437. The molecule has 0 saturated heterocycles. The fourth-order valence-electron chi connectivity index (χ4n) is 1.87. The van der Waals surface area contributed by atoms with Crippen molar-refractivity contribution in [1.82, 2.24) is 0 Å². The van der Waals surface area contributed by atoms with Gasteiger partial charge in [-0.2, -0.15) is 0 Å². The Labute approximate surface area is 127 Å². The molecule has 0 fully saturated rings. The predicted octanol–water partition coefficient (Wildman–Crippen LogP) is 3.38. The van der Waals surface area contributed by atoms with Crippen molar-refractivity contribution in [3.63, 3.8) is 0 Å². The van der Waals surface area contributed by atoms with Crippen LogP contribution in [-0.4, -0.2) is 24.4 Å². The number of nitrogens with one attached hydrogen (secondary N) is 1. The van der Waals surface area contributed by atoms with Gasteiger partial charge in [-0.15, -0.1) is 0 Å². The Hall–Kier alpha value is -2.27. The molecular formula is C15H16ClNO4. The number of phenolic OH excluding ortho intramolecular Hbond substituents is 2. The first-order chi connectivity index (χ1) is 10.0. The highest BCUT2D eigenvalue weighted by atomic mass is 35.5. The fourth-order valence-corrected chi connectivity index (χ4v) is 2.12. The third-order valence-corrected chi connectivity index (χ3v) is 3.29. The van der Waals surface area contributed by atoms with Gasteiger partial charge in [-0.1, -0.05) is 17.7 Å². The third-order valence-electron chi connectivity index (χ3n) is 3.00. The molecule has 0 spiro atoms. The van der Waals surface area contributed by atoms with E-state index in [9.17, 15) is 10.2 Å². The van der Waals surface area contributed by atoms with Crippen molar-refractivity contribution >= 4 is 17.3 Å². The van der Waals surface area contributed by atoms with Gasteiger partial charge in [0.25, 0.3) is 0 Å². The highest BCUT2D eigenvalue weighted by Crippen LogP contribution is 2.36. The van der Waals surface area contributed by atoms with Crippen LogP contribution in [0.3, 0.4) is 0 Å². The minimum atomic E-state index is -0.158. The molecule has 21 heavy (non-hydrogen) atoms. The summed E-state index contributed by atoms with van der Waals surface area (Å²) in [5.41, 5.74) is 1.51. The van der Waals surface area contributed by atoms with Crippen molar-refractivity contribution in [2.24, 2.45) is 0 Å². The van der Waals surface area contributed by atoms with E-state index in [1.165, 1.54) is 19.2 Å². The lowest BCUT2D eigenvalue weighted by Gasteiger charge is -2.14. The van der Waals surface area contributed by atoms with E-state index in [4.69, 9.17) is 21.1 Å². The van der Waals surface area contributed by atoms with E-state index in [1.54, 1.807) is 25.3 Å². The molecule has 6 heteroatoms. The van der Waals surface area contributed by atoms with Crippen molar-refractivity contribution in [2.75, 3.05) is 19.5 Å². The Balaban J connectivity index is 2.19. The predicted molar refractivity (Wildman–Crippen MR) is 81.7 cm³/mol. The second kappa shape index (κ2) is 6.45. The second-order valence-corrected chi connectivity index (χ2v) is 4.77. The Morgan fingerprint density at radius 2 is 1.71 bits per heavy atom. The number of anilines is 1. The van der Waals surface area contributed by atoms with Crippen LogP contribution in [0.4, 0.5) is 5.69 Å². The molecule has 0 aliphatic heterocycles. The molecule has 0 amide bonds. The molecule has 0 aromatic heterocycles. The molecule has 2 aromatic rings. The van der Waals surface area contributed by atoms with Crippen molar-refractivity contribution in [1.29, 1.82) is 0 Å². The van der Waals surface area contributed by atoms with E-state index < -0.39 is 0 Å². The van der Waals surface area contributed by atoms with Gasteiger partial charge in [-0.3, -0.25) is 0 Å². The zero-order valence-electron chi connectivity index (χ0n) is 11.7. The van der Waals surface area contributed by atoms with E-state index in [0.717, 1.165) is 5.56 Å². The van der Waals surface area contributed by atoms with Crippen LogP contribution in [0.2, 0.25) is 5.02 Å². The molecule has 112 valence electrons. The molecular weight excluding hydrogens is 294 g/mol. The maximum absolute atomic E-state index is 9.47. The summed E-state index contributed by atoms with van der Waals surface area (Å²) in [6.07, 6.45) is 0. The summed E-state index contributed by atoms with van der Waals surface area (Å²) in [7, 11) is 3.09. The minimum Gasteiger partial charge on any atom is -0.504 e. The van der Waals surface area contributed by atoms with Gasteiger partial charge >= 0.3 is 0 Å². The van der Waals surface area contributed by atoms with E-state index in [0.29, 0.717) is 28.8 Å². The molecule has 0 bridgehead atoms. The number of hydrogen-bond acceptors (Lipinski definition) is 5. The number of halogens is 1. The lowest BCUT2D eigenvalue weighted by Crippen LogP contribution is -2.02. The van der Waals surface area contributed by atoms with Crippen molar-refractivity contribution in [2.45, 2.75) is 6.54 Å². The highest BCUT2D eigenvalue weighted by Gasteiger charge is 2.10. The quantitative estimate of drug-likeness (QED) is 0.739. The van der Waals surface area contributed by atoms with Crippen molar-refractivity contribution < 1.29 is 19.7 Å². The average Bonchev–Trinajstić information content (AvgIpc) is 2.48. The van der Waals surface area contributed by atoms with Crippen LogP contribution in [0.5, 0.6) is 23.0 Å². The van der Waals surface area contributed by atoms with E-state index in [2.05, 4.69) is 5.32 Å². The number of phenols is 2. The van der Waals surface area contributed by atoms with Crippen molar-refractivity contribution in [3.05, 3.63) is 40.9 Å². The Morgan fingerprint density at radius 1 is 1.00 bits per heavy atom. The first-order valence-corrected chi connectivity index (χ1v) is 6.59. The molecule has 0 saturated carbocycles. The summed E-state index contributed by atoms with van der Waals surface area (Å²) in [6, 6.07) is 8.03. The SMILES string of the molecule is COc1cc(OC)c(NCc2ccc(O)c(O)c2)cc1Cl. The molecule has 0 aliphatic carbocycles. The van der Waals surface area contributed by atoms with Crippen molar-refractivity contribution in [3.8, 4) is 23.0 Å². The zero-order chi connectivity index (χ0) is 15.4. The molecule has 3 N–H and O–H groups in total. The number of benzene rings is 2. The monoisotopic (exact) mass is 309 g/mol. The average molecular weight is 310 g/mol. The van der Waals surface area contributed by atoms with Gasteiger partial charge in [0.1, 0.15) is 11.5 Å². The van der Waals surface area contributed by atoms with Crippen LogP contribution in [0.1, 0.15) is 5.56 Å². The summed E-state index contributed by atoms with van der Waals surface area (Å²) in [5.74, 6) is 0.818. The molecule has 2 aromatic carbocycles. The summed E-state index contributed by atoms with van der Waals surface area (Å²) < 4.78 is 10.4. The Kier molecular flexibility index (Phi) is 4.65. The van der Waals surface area contributed by atoms with Crippen LogP contribution < -0.4 is 14.8 Å². The Bertz CT molecular complexity index is 646. The number of rotatable bonds is 5. The lowest BCUT2D eigenvalue weighted by atomic mass is 10.2. The number of aromatic hydroxyl groups is 2. The number of hydrogen-bond donors (Lipinski definition) is 3. The highest BCUT2D eigenvalue weighted by molar-refractivity contribution is 6.32. The number of ether oxygens (including phenoxy) is 2. The largest absolute Gasteiger partial charge is 0.504 e. The van der Waals surface area contributed by atoms with Gasteiger partial charge < -0.3 is 25.0 Å². The molecule has 0 atom stereocenters. The first-order valence-electron chi connectivity index (χ1n) is 6.21. The van der Waals surface area contributed by atoms with E-state index in [1.807, 2.05) is 0 Å². The fraction of sp³-hybridized carbons (Fsp3) is 0.200. The maximum atomic E-state index is 9.47. The third kappa shape index (κ3) is 3.44. The van der Waals surface area contributed by atoms with Gasteiger partial charge in [0.2, 0.25) is 0 Å². The summed E-state index contributed by atoms with van der Waals surface area (Å²) in [4.78, 5) is 0. The topological polar surface area (TPSA) is 71.0 Å². The molecule has 5 nitrogen and oxygen atoms in total. The summed E-state index contributed by atoms with van der Waals surface area (Å²) in [5, 5.41) is 22.4.